The van der Waals surface area contributed by atoms with Gasteiger partial charge in [-0.3, -0.25) is 9.69 Å². The van der Waals surface area contributed by atoms with E-state index in [1.54, 1.807) is 0 Å². The van der Waals surface area contributed by atoms with E-state index in [1.165, 1.54) is 25.9 Å². The number of nitrogens with zero attached hydrogens (tertiary/aromatic N) is 5. The summed E-state index contributed by atoms with van der Waals surface area (Å²) in [6.07, 6.45) is 3.26. The lowest BCUT2D eigenvalue weighted by Crippen LogP contribution is -2.54. The predicted molar refractivity (Wildman–Crippen MR) is 97.2 cm³/mol. The number of carbonyl (C=O) groups excluding carboxylic acids is 1. The molecule has 0 bridgehead atoms. The van der Waals surface area contributed by atoms with Crippen molar-refractivity contribution in [1.29, 1.82) is 0 Å². The fourth-order valence-electron chi connectivity index (χ4n) is 4.18. The van der Waals surface area contributed by atoms with Crippen molar-refractivity contribution < 1.29 is 4.79 Å². The van der Waals surface area contributed by atoms with Gasteiger partial charge in [-0.25, -0.2) is 0 Å². The van der Waals surface area contributed by atoms with Gasteiger partial charge in [0, 0.05) is 71.4 Å². The SMILES string of the molecule is CN1CCC(N2CCN(C(=O)CCN3CCN(C)CC3)CC2)CC1. The van der Waals surface area contributed by atoms with Crippen LogP contribution in [0.5, 0.6) is 0 Å². The number of likely N-dealkylation sites (N-methyl/N-ethyl adjacent to an activating group) is 1. The molecular weight excluding hydrogens is 302 g/mol. The van der Waals surface area contributed by atoms with E-state index in [2.05, 4.69) is 38.6 Å². The molecule has 138 valence electrons. The zero-order valence-electron chi connectivity index (χ0n) is 15.6. The Balaban J connectivity index is 1.34. The molecule has 0 radical (unpaired) electrons. The number of amides is 1. The number of hydrogen-bond acceptors (Lipinski definition) is 5. The molecule has 0 saturated carbocycles. The number of piperazine rings is 2. The molecule has 3 rings (SSSR count). The fourth-order valence-corrected chi connectivity index (χ4v) is 4.18. The maximum atomic E-state index is 12.5. The van der Waals surface area contributed by atoms with Crippen LogP contribution in [0.1, 0.15) is 19.3 Å². The van der Waals surface area contributed by atoms with Crippen molar-refractivity contribution in [3.8, 4) is 0 Å². The topological polar surface area (TPSA) is 33.3 Å². The third kappa shape index (κ3) is 4.91. The van der Waals surface area contributed by atoms with Gasteiger partial charge in [0.2, 0.25) is 5.91 Å². The average Bonchev–Trinajstić information content (AvgIpc) is 2.62. The molecule has 0 N–H and O–H groups in total. The molecule has 0 aliphatic carbocycles. The van der Waals surface area contributed by atoms with Gasteiger partial charge in [-0.15, -0.1) is 0 Å². The average molecular weight is 338 g/mol. The van der Waals surface area contributed by atoms with Crippen LogP contribution >= 0.6 is 0 Å². The summed E-state index contributed by atoms with van der Waals surface area (Å²) in [5.74, 6) is 0.358. The van der Waals surface area contributed by atoms with Crippen LogP contribution in [0.3, 0.4) is 0 Å². The minimum atomic E-state index is 0.358. The molecule has 0 aromatic heterocycles. The highest BCUT2D eigenvalue weighted by Crippen LogP contribution is 2.17. The molecule has 6 nitrogen and oxygen atoms in total. The summed E-state index contributed by atoms with van der Waals surface area (Å²) in [6, 6.07) is 0.740. The van der Waals surface area contributed by atoms with Crippen LogP contribution in [0, 0.1) is 0 Å². The van der Waals surface area contributed by atoms with Crippen LogP contribution in [0.2, 0.25) is 0 Å². The highest BCUT2D eigenvalue weighted by atomic mass is 16.2. The zero-order valence-corrected chi connectivity index (χ0v) is 15.6. The Morgan fingerprint density at radius 2 is 1.38 bits per heavy atom. The highest BCUT2D eigenvalue weighted by molar-refractivity contribution is 5.76. The molecule has 1 amide bonds. The molecule has 3 fully saturated rings. The number of likely N-dealkylation sites (tertiary alicyclic amines) is 1. The molecular formula is C18H35N5O. The van der Waals surface area contributed by atoms with E-state index in [9.17, 15) is 4.79 Å². The first kappa shape index (κ1) is 18.1. The first-order chi connectivity index (χ1) is 11.6. The van der Waals surface area contributed by atoms with Gasteiger partial charge in [-0.1, -0.05) is 0 Å². The van der Waals surface area contributed by atoms with Crippen LogP contribution in [0.15, 0.2) is 0 Å². The van der Waals surface area contributed by atoms with Crippen LogP contribution < -0.4 is 0 Å². The second-order valence-corrected chi connectivity index (χ2v) is 7.85. The first-order valence-electron chi connectivity index (χ1n) is 9.73. The van der Waals surface area contributed by atoms with E-state index >= 15 is 0 Å². The zero-order chi connectivity index (χ0) is 16.9. The lowest BCUT2D eigenvalue weighted by atomic mass is 10.0. The Bertz CT molecular complexity index is 394. The third-order valence-electron chi connectivity index (χ3n) is 6.11. The molecule has 0 atom stereocenters. The van der Waals surface area contributed by atoms with Crippen LogP contribution in [-0.4, -0.2) is 123 Å². The van der Waals surface area contributed by atoms with Crippen molar-refractivity contribution in [2.75, 3.05) is 86.1 Å². The molecule has 3 aliphatic rings. The van der Waals surface area contributed by atoms with Crippen molar-refractivity contribution in [2.24, 2.45) is 0 Å². The summed E-state index contributed by atoms with van der Waals surface area (Å²) < 4.78 is 0. The van der Waals surface area contributed by atoms with E-state index in [0.29, 0.717) is 12.3 Å². The maximum absolute atomic E-state index is 12.5. The fraction of sp³-hybridized carbons (Fsp3) is 0.944. The summed E-state index contributed by atoms with van der Waals surface area (Å²) in [5.41, 5.74) is 0. The van der Waals surface area contributed by atoms with Crippen molar-refractivity contribution >= 4 is 5.91 Å². The maximum Gasteiger partial charge on any atom is 0.223 e. The Morgan fingerprint density at radius 1 is 0.792 bits per heavy atom. The highest BCUT2D eigenvalue weighted by Gasteiger charge is 2.28. The summed E-state index contributed by atoms with van der Waals surface area (Å²) >= 11 is 0. The molecule has 0 unspecified atom stereocenters. The van der Waals surface area contributed by atoms with Crippen LogP contribution in [0.25, 0.3) is 0 Å². The van der Waals surface area contributed by atoms with E-state index in [-0.39, 0.29) is 0 Å². The lowest BCUT2D eigenvalue weighted by molar-refractivity contribution is -0.133. The minimum Gasteiger partial charge on any atom is -0.340 e. The third-order valence-corrected chi connectivity index (χ3v) is 6.11. The monoisotopic (exact) mass is 337 g/mol. The molecule has 24 heavy (non-hydrogen) atoms. The van der Waals surface area contributed by atoms with Gasteiger partial charge >= 0.3 is 0 Å². The molecule has 0 spiro atoms. The van der Waals surface area contributed by atoms with Crippen LogP contribution in [-0.2, 0) is 4.79 Å². The summed E-state index contributed by atoms with van der Waals surface area (Å²) in [4.78, 5) is 24.4. The Labute approximate surface area is 147 Å². The first-order valence-corrected chi connectivity index (χ1v) is 9.73. The van der Waals surface area contributed by atoms with Gasteiger partial charge in [-0.2, -0.15) is 0 Å². The second-order valence-electron chi connectivity index (χ2n) is 7.85. The quantitative estimate of drug-likeness (QED) is 0.713. The van der Waals surface area contributed by atoms with Crippen molar-refractivity contribution in [1.82, 2.24) is 24.5 Å². The van der Waals surface area contributed by atoms with E-state index in [4.69, 9.17) is 0 Å². The Kier molecular flexibility index (Phi) is 6.49. The molecule has 3 aliphatic heterocycles. The van der Waals surface area contributed by atoms with Gasteiger partial charge < -0.3 is 19.6 Å². The standard InChI is InChI=1S/C18H35N5O/c1-19-6-3-17(4-7-19)22-13-15-23(16-14-22)18(24)5-8-21-11-9-20(2)10-12-21/h17H,3-16H2,1-2H3. The number of rotatable bonds is 4. The normalized spacial score (nSPS) is 26.8. The van der Waals surface area contributed by atoms with Gasteiger partial charge in [0.25, 0.3) is 0 Å². The number of piperidine rings is 1. The van der Waals surface area contributed by atoms with Crippen LogP contribution in [0.4, 0.5) is 0 Å². The minimum absolute atomic E-state index is 0.358. The van der Waals surface area contributed by atoms with Gasteiger partial charge in [0.1, 0.15) is 0 Å². The predicted octanol–water partition coefficient (Wildman–Crippen LogP) is -0.138. The molecule has 3 saturated heterocycles. The number of hydrogen-bond donors (Lipinski definition) is 0. The Morgan fingerprint density at radius 3 is 2.00 bits per heavy atom. The van der Waals surface area contributed by atoms with Gasteiger partial charge in [0.15, 0.2) is 0 Å². The van der Waals surface area contributed by atoms with Crippen molar-refractivity contribution in [3.05, 3.63) is 0 Å². The second kappa shape index (κ2) is 8.61. The molecule has 3 heterocycles. The van der Waals surface area contributed by atoms with E-state index in [0.717, 1.165) is 64.9 Å². The summed E-state index contributed by atoms with van der Waals surface area (Å²) in [6.45, 7) is 11.8. The molecule has 0 aromatic carbocycles. The largest absolute Gasteiger partial charge is 0.340 e. The smallest absolute Gasteiger partial charge is 0.223 e. The van der Waals surface area contributed by atoms with E-state index in [1.807, 2.05) is 0 Å². The summed E-state index contributed by atoms with van der Waals surface area (Å²) in [7, 11) is 4.39. The summed E-state index contributed by atoms with van der Waals surface area (Å²) in [5, 5.41) is 0. The number of carbonyl (C=O) groups is 1. The lowest BCUT2D eigenvalue weighted by Gasteiger charge is -2.42. The van der Waals surface area contributed by atoms with Crippen molar-refractivity contribution in [3.63, 3.8) is 0 Å². The van der Waals surface area contributed by atoms with Gasteiger partial charge in [0.05, 0.1) is 0 Å². The Hall–Kier alpha value is -0.690. The molecule has 0 aromatic rings. The van der Waals surface area contributed by atoms with Crippen molar-refractivity contribution in [2.45, 2.75) is 25.3 Å². The molecule has 6 heteroatoms. The van der Waals surface area contributed by atoms with Gasteiger partial charge in [-0.05, 0) is 40.0 Å². The van der Waals surface area contributed by atoms with E-state index < -0.39 is 0 Å².